The minimum Gasteiger partial charge on any atom is -0.493 e. The van der Waals surface area contributed by atoms with Crippen LogP contribution in [0.1, 0.15) is 0 Å². The van der Waals surface area contributed by atoms with Gasteiger partial charge in [-0.25, -0.2) is 4.98 Å². The fourth-order valence-electron chi connectivity index (χ4n) is 2.05. The summed E-state index contributed by atoms with van der Waals surface area (Å²) in [5, 5.41) is 0.599. The molecule has 0 aliphatic rings. The molecule has 1 aromatic heterocycles. The summed E-state index contributed by atoms with van der Waals surface area (Å²) in [6.45, 7) is 0. The molecule has 0 aliphatic carbocycles. The molecule has 0 saturated heterocycles. The van der Waals surface area contributed by atoms with E-state index in [0.29, 0.717) is 33.5 Å². The zero-order valence-electron chi connectivity index (χ0n) is 11.3. The van der Waals surface area contributed by atoms with Crippen LogP contribution in [0.15, 0.2) is 39.2 Å². The second-order valence-electron chi connectivity index (χ2n) is 4.32. The number of methoxy groups -OCH3 is 2. The summed E-state index contributed by atoms with van der Waals surface area (Å²) in [6.07, 6.45) is 0. The van der Waals surface area contributed by atoms with E-state index in [1.165, 1.54) is 0 Å². The van der Waals surface area contributed by atoms with Crippen molar-refractivity contribution in [3.05, 3.63) is 39.8 Å². The maximum Gasteiger partial charge on any atom is 0.227 e. The van der Waals surface area contributed by atoms with Gasteiger partial charge in [0, 0.05) is 10.6 Å². The highest BCUT2D eigenvalue weighted by Gasteiger charge is 2.14. The first-order chi connectivity index (χ1) is 10.1. The molecule has 0 spiro atoms. The predicted octanol–water partition coefficient (Wildman–Crippen LogP) is 4.93. The van der Waals surface area contributed by atoms with Crippen molar-refractivity contribution in [3.8, 4) is 23.0 Å². The van der Waals surface area contributed by atoms with Gasteiger partial charge in [0.05, 0.1) is 18.7 Å². The summed E-state index contributed by atoms with van der Waals surface area (Å²) in [7, 11) is 3.18. The van der Waals surface area contributed by atoms with Gasteiger partial charge in [-0.05, 0) is 46.3 Å². The van der Waals surface area contributed by atoms with Crippen LogP contribution in [0.4, 0.5) is 0 Å². The second kappa shape index (κ2) is 5.58. The molecule has 0 fully saturated rings. The van der Waals surface area contributed by atoms with E-state index in [9.17, 15) is 0 Å². The summed E-state index contributed by atoms with van der Waals surface area (Å²) >= 11 is 9.44. The van der Waals surface area contributed by atoms with Crippen LogP contribution >= 0.6 is 27.5 Å². The number of benzene rings is 2. The molecule has 3 rings (SSSR count). The van der Waals surface area contributed by atoms with E-state index in [-0.39, 0.29) is 0 Å². The number of hydrogen-bond donors (Lipinski definition) is 0. The van der Waals surface area contributed by atoms with E-state index in [0.717, 1.165) is 10.0 Å². The number of halogens is 2. The van der Waals surface area contributed by atoms with Crippen molar-refractivity contribution in [3.63, 3.8) is 0 Å². The number of oxazole rings is 1. The van der Waals surface area contributed by atoms with Crippen LogP contribution in [0, 0.1) is 0 Å². The third-order valence-corrected chi connectivity index (χ3v) is 3.85. The van der Waals surface area contributed by atoms with Gasteiger partial charge in [-0.2, -0.15) is 0 Å². The Balaban J connectivity index is 2.14. The molecule has 0 N–H and O–H groups in total. The molecule has 3 aromatic rings. The summed E-state index contributed by atoms with van der Waals surface area (Å²) in [5.74, 6) is 1.77. The van der Waals surface area contributed by atoms with Gasteiger partial charge in [0.25, 0.3) is 0 Å². The molecule has 0 aliphatic heterocycles. The van der Waals surface area contributed by atoms with Gasteiger partial charge in [0.1, 0.15) is 5.52 Å². The minimum absolute atomic E-state index is 0.494. The van der Waals surface area contributed by atoms with Gasteiger partial charge in [0.2, 0.25) is 5.89 Å². The van der Waals surface area contributed by atoms with Crippen molar-refractivity contribution in [1.29, 1.82) is 0 Å². The quantitative estimate of drug-likeness (QED) is 0.657. The molecule has 0 bridgehead atoms. The number of nitrogens with zero attached hydrogens (tertiary/aromatic N) is 1. The summed E-state index contributed by atoms with van der Waals surface area (Å²) in [5.41, 5.74) is 2.15. The smallest absolute Gasteiger partial charge is 0.227 e. The topological polar surface area (TPSA) is 44.5 Å². The molecule has 0 unspecified atom stereocenters. The Labute approximate surface area is 134 Å². The fraction of sp³-hybridized carbons (Fsp3) is 0.133. The van der Waals surface area contributed by atoms with Gasteiger partial charge < -0.3 is 13.9 Å². The first kappa shape index (κ1) is 14.2. The largest absolute Gasteiger partial charge is 0.493 e. The van der Waals surface area contributed by atoms with Crippen molar-refractivity contribution < 1.29 is 13.9 Å². The van der Waals surface area contributed by atoms with Crippen molar-refractivity contribution >= 4 is 38.6 Å². The summed E-state index contributed by atoms with van der Waals surface area (Å²) in [6, 6.07) is 9.02. The lowest BCUT2D eigenvalue weighted by atomic mass is 10.2. The van der Waals surface area contributed by atoms with Gasteiger partial charge in [-0.3, -0.25) is 0 Å². The van der Waals surface area contributed by atoms with Crippen molar-refractivity contribution in [2.45, 2.75) is 0 Å². The third kappa shape index (κ3) is 2.59. The van der Waals surface area contributed by atoms with Crippen LogP contribution in [0.25, 0.3) is 22.6 Å². The number of ether oxygens (including phenoxy) is 2. The Morgan fingerprint density at radius 2 is 1.86 bits per heavy atom. The number of fused-ring (bicyclic) bond motifs is 1. The van der Waals surface area contributed by atoms with Crippen LogP contribution in [-0.4, -0.2) is 19.2 Å². The lowest BCUT2D eigenvalue weighted by Gasteiger charge is -2.07. The summed E-state index contributed by atoms with van der Waals surface area (Å²) in [4.78, 5) is 4.46. The lowest BCUT2D eigenvalue weighted by Crippen LogP contribution is -1.90. The second-order valence-corrected chi connectivity index (χ2v) is 5.62. The molecular weight excluding hydrogens is 358 g/mol. The maximum atomic E-state index is 6.02. The van der Waals surface area contributed by atoms with E-state index >= 15 is 0 Å². The Bertz CT molecular complexity index is 816. The molecule has 21 heavy (non-hydrogen) atoms. The van der Waals surface area contributed by atoms with Gasteiger partial charge in [-0.1, -0.05) is 11.6 Å². The number of rotatable bonds is 3. The highest BCUT2D eigenvalue weighted by Crippen LogP contribution is 2.35. The molecule has 2 aromatic carbocycles. The Hall–Kier alpha value is -1.72. The van der Waals surface area contributed by atoms with Crippen LogP contribution < -0.4 is 9.47 Å². The van der Waals surface area contributed by atoms with Gasteiger partial charge >= 0.3 is 0 Å². The van der Waals surface area contributed by atoms with Gasteiger partial charge in [-0.15, -0.1) is 0 Å². The molecule has 1 heterocycles. The van der Waals surface area contributed by atoms with Crippen LogP contribution in [0.2, 0.25) is 5.02 Å². The zero-order valence-corrected chi connectivity index (χ0v) is 13.7. The molecule has 0 radical (unpaired) electrons. The molecule has 0 amide bonds. The Morgan fingerprint density at radius 1 is 1.10 bits per heavy atom. The first-order valence-electron chi connectivity index (χ1n) is 6.10. The molecule has 108 valence electrons. The minimum atomic E-state index is 0.494. The van der Waals surface area contributed by atoms with Crippen molar-refractivity contribution in [2.75, 3.05) is 14.2 Å². The van der Waals surface area contributed by atoms with Crippen LogP contribution in [0.5, 0.6) is 11.5 Å². The SMILES string of the molecule is COc1ccc(-c2nc3cc(Cl)cc(Br)c3o2)cc1OC. The molecule has 4 nitrogen and oxygen atoms in total. The monoisotopic (exact) mass is 367 g/mol. The zero-order chi connectivity index (χ0) is 15.0. The van der Waals surface area contributed by atoms with E-state index in [1.807, 2.05) is 18.2 Å². The average Bonchev–Trinajstić information content (AvgIpc) is 2.90. The van der Waals surface area contributed by atoms with Crippen molar-refractivity contribution in [2.24, 2.45) is 0 Å². The maximum absolute atomic E-state index is 6.02. The van der Waals surface area contributed by atoms with E-state index in [2.05, 4.69) is 20.9 Å². The molecular formula is C15H11BrClNO3. The summed E-state index contributed by atoms with van der Waals surface area (Å²) < 4.78 is 17.1. The number of aromatic nitrogens is 1. The normalized spacial score (nSPS) is 10.9. The highest BCUT2D eigenvalue weighted by molar-refractivity contribution is 9.10. The van der Waals surface area contributed by atoms with E-state index in [4.69, 9.17) is 25.5 Å². The molecule has 0 saturated carbocycles. The average molecular weight is 369 g/mol. The highest BCUT2D eigenvalue weighted by atomic mass is 79.9. The lowest BCUT2D eigenvalue weighted by molar-refractivity contribution is 0.355. The first-order valence-corrected chi connectivity index (χ1v) is 7.27. The van der Waals surface area contributed by atoms with E-state index in [1.54, 1.807) is 26.4 Å². The Kier molecular flexibility index (Phi) is 3.78. The standard InChI is InChI=1S/C15H11BrClNO3/c1-19-12-4-3-8(5-13(12)20-2)15-18-11-7-9(17)6-10(16)14(11)21-15/h3-7H,1-2H3. The fourth-order valence-corrected chi connectivity index (χ4v) is 2.93. The van der Waals surface area contributed by atoms with Gasteiger partial charge in [0.15, 0.2) is 17.1 Å². The predicted molar refractivity (Wildman–Crippen MR) is 85.3 cm³/mol. The van der Waals surface area contributed by atoms with E-state index < -0.39 is 0 Å². The van der Waals surface area contributed by atoms with Crippen molar-refractivity contribution in [1.82, 2.24) is 4.98 Å². The number of hydrogen-bond acceptors (Lipinski definition) is 4. The third-order valence-electron chi connectivity index (χ3n) is 3.04. The molecule has 0 atom stereocenters. The molecule has 6 heteroatoms. The van der Waals surface area contributed by atoms with Crippen LogP contribution in [-0.2, 0) is 0 Å². The van der Waals surface area contributed by atoms with Crippen LogP contribution in [0.3, 0.4) is 0 Å². The Morgan fingerprint density at radius 3 is 2.57 bits per heavy atom.